The summed E-state index contributed by atoms with van der Waals surface area (Å²) in [5, 5.41) is 8.72. The van der Waals surface area contributed by atoms with Crippen LogP contribution in [-0.4, -0.2) is 18.5 Å². The smallest absolute Gasteiger partial charge is 0.491 e. The molecule has 0 aliphatic rings. The minimum atomic E-state index is -4.87. The first-order valence-corrected chi connectivity index (χ1v) is 4.56. The van der Waals surface area contributed by atoms with Gasteiger partial charge in [-0.1, -0.05) is 0 Å². The molecule has 0 spiro atoms. The lowest BCUT2D eigenvalue weighted by atomic mass is 10.2. The van der Waals surface area contributed by atoms with Crippen LogP contribution in [0.2, 0.25) is 0 Å². The van der Waals surface area contributed by atoms with E-state index < -0.39 is 12.1 Å². The van der Waals surface area contributed by atoms with E-state index in [-0.39, 0.29) is 15.9 Å². The van der Waals surface area contributed by atoms with Gasteiger partial charge in [0.05, 0.1) is 13.3 Å². The Morgan fingerprint density at radius 1 is 1.50 bits per heavy atom. The maximum Gasteiger partial charge on any atom is 0.573 e. The van der Waals surface area contributed by atoms with Gasteiger partial charge in [-0.15, -0.1) is 13.2 Å². The summed E-state index contributed by atoms with van der Waals surface area (Å²) in [5.74, 6) is -0.976. The van der Waals surface area contributed by atoms with E-state index in [0.717, 1.165) is 13.3 Å². The number of nitrogens with zero attached hydrogens (tertiary/aromatic N) is 2. The second kappa shape index (κ2) is 4.57. The lowest BCUT2D eigenvalue weighted by molar-refractivity contribution is -0.275. The van der Waals surface area contributed by atoms with Crippen LogP contribution in [0.4, 0.5) is 13.2 Å². The van der Waals surface area contributed by atoms with Crippen LogP contribution in [0.1, 0.15) is 5.56 Å². The van der Waals surface area contributed by atoms with Gasteiger partial charge in [-0.25, -0.2) is 4.98 Å². The Labute approximate surface area is 96.7 Å². The summed E-state index contributed by atoms with van der Waals surface area (Å²) in [6.45, 7) is 0. The van der Waals surface area contributed by atoms with Gasteiger partial charge in [0.2, 0.25) is 0 Å². The summed E-state index contributed by atoms with van der Waals surface area (Å²) >= 11 is 2.91. The van der Waals surface area contributed by atoms with E-state index >= 15 is 0 Å². The SMILES string of the molecule is COc1c(OC(F)(F)F)cnc(Br)c1C#N. The Balaban J connectivity index is 3.26. The first-order valence-electron chi connectivity index (χ1n) is 3.77. The van der Waals surface area contributed by atoms with Crippen LogP contribution in [0.25, 0.3) is 0 Å². The number of hydrogen-bond acceptors (Lipinski definition) is 4. The molecule has 1 aromatic rings. The standard InChI is InChI=1S/C8H4BrF3N2O2/c1-15-6-4(2-13)7(9)14-3-5(6)16-8(10,11)12/h3H,1H3. The number of methoxy groups -OCH3 is 1. The second-order valence-corrected chi connectivity index (χ2v) is 3.23. The fourth-order valence-corrected chi connectivity index (χ4v) is 1.32. The van der Waals surface area contributed by atoms with Gasteiger partial charge >= 0.3 is 6.36 Å². The molecule has 0 atom stereocenters. The van der Waals surface area contributed by atoms with E-state index in [9.17, 15) is 13.2 Å². The van der Waals surface area contributed by atoms with Gasteiger partial charge < -0.3 is 9.47 Å². The molecule has 1 heterocycles. The van der Waals surface area contributed by atoms with Crippen molar-refractivity contribution in [3.8, 4) is 17.6 Å². The fraction of sp³-hybridized carbons (Fsp3) is 0.250. The topological polar surface area (TPSA) is 55.1 Å². The van der Waals surface area contributed by atoms with E-state index in [1.54, 1.807) is 6.07 Å². The summed E-state index contributed by atoms with van der Waals surface area (Å²) in [7, 11) is 1.13. The molecule has 0 saturated carbocycles. The number of pyridine rings is 1. The van der Waals surface area contributed by atoms with Crippen LogP contribution < -0.4 is 9.47 Å². The highest BCUT2D eigenvalue weighted by Gasteiger charge is 2.33. The zero-order valence-electron chi connectivity index (χ0n) is 7.80. The van der Waals surface area contributed by atoms with Crippen molar-refractivity contribution in [3.05, 3.63) is 16.4 Å². The zero-order chi connectivity index (χ0) is 12.3. The number of aromatic nitrogens is 1. The average Bonchev–Trinajstić information content (AvgIpc) is 2.18. The Hall–Kier alpha value is -1.49. The predicted molar refractivity (Wildman–Crippen MR) is 49.9 cm³/mol. The Kier molecular flexibility index (Phi) is 3.59. The molecule has 0 saturated heterocycles. The summed E-state index contributed by atoms with van der Waals surface area (Å²) in [6, 6.07) is 1.66. The molecule has 0 radical (unpaired) electrons. The highest BCUT2D eigenvalue weighted by atomic mass is 79.9. The van der Waals surface area contributed by atoms with Gasteiger partial charge in [-0.2, -0.15) is 5.26 Å². The van der Waals surface area contributed by atoms with E-state index in [0.29, 0.717) is 0 Å². The third-order valence-electron chi connectivity index (χ3n) is 1.49. The van der Waals surface area contributed by atoms with Crippen molar-refractivity contribution in [2.24, 2.45) is 0 Å². The minimum Gasteiger partial charge on any atom is -0.491 e. The number of halogens is 4. The molecule has 1 rings (SSSR count). The van der Waals surface area contributed by atoms with Crippen molar-refractivity contribution < 1.29 is 22.6 Å². The number of nitriles is 1. The molecule has 16 heavy (non-hydrogen) atoms. The highest BCUT2D eigenvalue weighted by molar-refractivity contribution is 9.10. The number of alkyl halides is 3. The number of ether oxygens (including phenoxy) is 2. The van der Waals surface area contributed by atoms with E-state index in [1.807, 2.05) is 0 Å². The van der Waals surface area contributed by atoms with Crippen molar-refractivity contribution >= 4 is 15.9 Å². The van der Waals surface area contributed by atoms with Crippen molar-refractivity contribution in [2.75, 3.05) is 7.11 Å². The fourth-order valence-electron chi connectivity index (χ4n) is 0.952. The largest absolute Gasteiger partial charge is 0.573 e. The molecule has 0 fully saturated rings. The minimum absolute atomic E-state index is 0.0846. The van der Waals surface area contributed by atoms with Crippen LogP contribution in [0.5, 0.6) is 11.5 Å². The van der Waals surface area contributed by atoms with E-state index in [1.165, 1.54) is 0 Å². The van der Waals surface area contributed by atoms with Crippen LogP contribution in [-0.2, 0) is 0 Å². The van der Waals surface area contributed by atoms with Gasteiger partial charge in [0, 0.05) is 0 Å². The molecule has 0 bridgehead atoms. The van der Waals surface area contributed by atoms with Crippen molar-refractivity contribution in [1.29, 1.82) is 5.26 Å². The van der Waals surface area contributed by atoms with E-state index in [2.05, 4.69) is 30.4 Å². The van der Waals surface area contributed by atoms with Gasteiger partial charge in [-0.3, -0.25) is 0 Å². The van der Waals surface area contributed by atoms with Crippen molar-refractivity contribution in [1.82, 2.24) is 4.98 Å². The Morgan fingerprint density at radius 3 is 2.56 bits per heavy atom. The second-order valence-electron chi connectivity index (χ2n) is 2.48. The molecular formula is C8H4BrF3N2O2. The molecule has 4 nitrogen and oxygen atoms in total. The first kappa shape index (κ1) is 12.6. The third-order valence-corrected chi connectivity index (χ3v) is 2.10. The molecule has 8 heteroatoms. The van der Waals surface area contributed by atoms with Gasteiger partial charge in [0.25, 0.3) is 0 Å². The molecule has 0 amide bonds. The number of rotatable bonds is 2. The molecular weight excluding hydrogens is 293 g/mol. The van der Waals surface area contributed by atoms with Crippen molar-refractivity contribution in [2.45, 2.75) is 6.36 Å². The van der Waals surface area contributed by atoms with Gasteiger partial charge in [-0.05, 0) is 15.9 Å². The van der Waals surface area contributed by atoms with Gasteiger partial charge in [0.15, 0.2) is 11.5 Å². The average molecular weight is 297 g/mol. The molecule has 0 aliphatic heterocycles. The normalized spacial score (nSPS) is 10.8. The molecule has 0 N–H and O–H groups in total. The highest BCUT2D eigenvalue weighted by Crippen LogP contribution is 2.36. The zero-order valence-corrected chi connectivity index (χ0v) is 9.39. The summed E-state index contributed by atoms with van der Waals surface area (Å²) in [6.07, 6.45) is -4.05. The van der Waals surface area contributed by atoms with E-state index in [4.69, 9.17) is 5.26 Å². The Morgan fingerprint density at radius 2 is 2.12 bits per heavy atom. The van der Waals surface area contributed by atoms with Crippen LogP contribution in [0.3, 0.4) is 0 Å². The maximum atomic E-state index is 12.0. The molecule has 0 aromatic carbocycles. The summed E-state index contributed by atoms with van der Waals surface area (Å²) in [5.41, 5.74) is -0.163. The lowest BCUT2D eigenvalue weighted by Crippen LogP contribution is -2.18. The van der Waals surface area contributed by atoms with Crippen LogP contribution in [0, 0.1) is 11.3 Å². The molecule has 0 unspecified atom stereocenters. The molecule has 0 aliphatic carbocycles. The van der Waals surface area contributed by atoms with Crippen LogP contribution >= 0.6 is 15.9 Å². The summed E-state index contributed by atoms with van der Waals surface area (Å²) < 4.78 is 44.4. The molecule has 1 aromatic heterocycles. The monoisotopic (exact) mass is 296 g/mol. The van der Waals surface area contributed by atoms with Crippen LogP contribution in [0.15, 0.2) is 10.8 Å². The Bertz CT molecular complexity index is 442. The third kappa shape index (κ3) is 2.76. The number of hydrogen-bond donors (Lipinski definition) is 0. The van der Waals surface area contributed by atoms with Crippen molar-refractivity contribution in [3.63, 3.8) is 0 Å². The lowest BCUT2D eigenvalue weighted by Gasteiger charge is -2.13. The summed E-state index contributed by atoms with van der Waals surface area (Å²) in [4.78, 5) is 3.53. The predicted octanol–water partition coefficient (Wildman–Crippen LogP) is 2.62. The van der Waals surface area contributed by atoms with Gasteiger partial charge in [0.1, 0.15) is 16.2 Å². The first-order chi connectivity index (χ1) is 7.39. The maximum absolute atomic E-state index is 12.0. The quantitative estimate of drug-likeness (QED) is 0.787. The molecule has 86 valence electrons.